The molecule has 0 N–H and O–H groups in total. The largest absolute Gasteiger partial charge is 0.358 e. The molecule has 1 aliphatic rings. The van der Waals surface area contributed by atoms with Crippen molar-refractivity contribution in [3.63, 3.8) is 0 Å². The first kappa shape index (κ1) is 16.0. The summed E-state index contributed by atoms with van der Waals surface area (Å²) in [6, 6.07) is 16.0. The van der Waals surface area contributed by atoms with Crippen molar-refractivity contribution in [1.29, 1.82) is 5.26 Å². The Morgan fingerprint density at radius 3 is 2.89 bits per heavy atom. The Kier molecular flexibility index (Phi) is 3.84. The normalized spacial score (nSPS) is 17.2. The number of para-hydroxylation sites is 1. The summed E-state index contributed by atoms with van der Waals surface area (Å²) in [5, 5.41) is 10.7. The summed E-state index contributed by atoms with van der Waals surface area (Å²) in [7, 11) is 0. The maximum Gasteiger partial charge on any atom is 0.134 e. The average Bonchev–Trinajstić information content (AvgIpc) is 3.14. The molecule has 0 aliphatic carbocycles. The van der Waals surface area contributed by atoms with Crippen LogP contribution in [0.4, 0.5) is 0 Å². The Morgan fingerprint density at radius 2 is 2.04 bits per heavy atom. The molecule has 1 saturated heterocycles. The highest BCUT2D eigenvalue weighted by Gasteiger charge is 2.22. The third-order valence-corrected chi connectivity index (χ3v) is 5.17. The Morgan fingerprint density at radius 1 is 1.07 bits per heavy atom. The molecule has 5 rings (SSSR count). The second-order valence-electron chi connectivity index (χ2n) is 6.82. The molecule has 4 heterocycles. The summed E-state index contributed by atoms with van der Waals surface area (Å²) < 4.78 is 8.14. The smallest absolute Gasteiger partial charge is 0.134 e. The first-order valence-electron chi connectivity index (χ1n) is 9.22. The fourth-order valence-corrected chi connectivity index (χ4v) is 3.88. The lowest BCUT2D eigenvalue weighted by Gasteiger charge is -2.25. The molecular formula is C22H18N4O. The number of fused-ring (bicyclic) bond motifs is 2. The molecule has 132 valence electrons. The maximum absolute atomic E-state index is 9.65. The Labute approximate surface area is 156 Å². The van der Waals surface area contributed by atoms with Crippen molar-refractivity contribution in [2.45, 2.75) is 25.5 Å². The lowest BCUT2D eigenvalue weighted by atomic mass is 10.1. The Balaban J connectivity index is 1.75. The highest BCUT2D eigenvalue weighted by molar-refractivity contribution is 5.98. The van der Waals surface area contributed by atoms with Gasteiger partial charge in [0.2, 0.25) is 0 Å². The van der Waals surface area contributed by atoms with Crippen LogP contribution in [0.1, 0.15) is 31.1 Å². The lowest BCUT2D eigenvalue weighted by molar-refractivity contribution is -0.0291. The second kappa shape index (κ2) is 6.49. The fraction of sp³-hybridized carbons (Fsp3) is 0.227. The summed E-state index contributed by atoms with van der Waals surface area (Å²) >= 11 is 0. The van der Waals surface area contributed by atoms with E-state index in [9.17, 15) is 5.26 Å². The van der Waals surface area contributed by atoms with Crippen LogP contribution in [0.15, 0.2) is 54.9 Å². The van der Waals surface area contributed by atoms with E-state index >= 15 is 0 Å². The van der Waals surface area contributed by atoms with Crippen molar-refractivity contribution < 1.29 is 4.74 Å². The van der Waals surface area contributed by atoms with Crippen molar-refractivity contribution in [3.05, 3.63) is 60.4 Å². The number of nitriles is 1. The van der Waals surface area contributed by atoms with Crippen LogP contribution in [0.3, 0.4) is 0 Å². The molecule has 3 aromatic heterocycles. The van der Waals surface area contributed by atoms with Crippen LogP contribution in [0.25, 0.3) is 33.2 Å². The number of pyridine rings is 2. The second-order valence-corrected chi connectivity index (χ2v) is 6.82. The summed E-state index contributed by atoms with van der Waals surface area (Å²) in [6.07, 6.45) is 7.01. The minimum atomic E-state index is -0.0355. The number of ether oxygens (including phenoxy) is 1. The number of hydrogen-bond acceptors (Lipinski definition) is 4. The van der Waals surface area contributed by atoms with Crippen LogP contribution in [0.5, 0.6) is 0 Å². The van der Waals surface area contributed by atoms with Gasteiger partial charge in [-0.1, -0.05) is 12.1 Å². The average molecular weight is 354 g/mol. The molecule has 0 amide bonds. The molecule has 1 unspecified atom stereocenters. The van der Waals surface area contributed by atoms with Crippen LogP contribution < -0.4 is 0 Å². The topological polar surface area (TPSA) is 63.7 Å². The highest BCUT2D eigenvalue weighted by Crippen LogP contribution is 2.36. The molecule has 1 atom stereocenters. The summed E-state index contributed by atoms with van der Waals surface area (Å²) in [4.78, 5) is 9.16. The van der Waals surface area contributed by atoms with Crippen molar-refractivity contribution >= 4 is 21.9 Å². The lowest BCUT2D eigenvalue weighted by Crippen LogP contribution is -2.17. The molecule has 0 bridgehead atoms. The van der Waals surface area contributed by atoms with E-state index in [0.717, 1.165) is 59.1 Å². The van der Waals surface area contributed by atoms with E-state index < -0.39 is 0 Å². The van der Waals surface area contributed by atoms with Crippen molar-refractivity contribution in [1.82, 2.24) is 14.5 Å². The van der Waals surface area contributed by atoms with Gasteiger partial charge in [-0.3, -0.25) is 4.98 Å². The van der Waals surface area contributed by atoms with Gasteiger partial charge < -0.3 is 9.30 Å². The SMILES string of the molecule is N#Cc1cccc2c(-c3ccc4ncccc4n3)cn(C3CCCCO3)c12. The predicted octanol–water partition coefficient (Wildman–Crippen LogP) is 4.82. The van der Waals surface area contributed by atoms with Gasteiger partial charge >= 0.3 is 0 Å². The molecule has 27 heavy (non-hydrogen) atoms. The molecule has 4 aromatic rings. The Bertz CT molecular complexity index is 1180. The molecule has 1 fully saturated rings. The number of aromatic nitrogens is 3. The number of nitrogens with zero attached hydrogens (tertiary/aromatic N) is 4. The zero-order valence-electron chi connectivity index (χ0n) is 14.8. The fourth-order valence-electron chi connectivity index (χ4n) is 3.88. The molecule has 0 radical (unpaired) electrons. The van der Waals surface area contributed by atoms with E-state index in [1.807, 2.05) is 36.4 Å². The van der Waals surface area contributed by atoms with Gasteiger partial charge in [-0.15, -0.1) is 0 Å². The van der Waals surface area contributed by atoms with Gasteiger partial charge in [0, 0.05) is 30.0 Å². The summed E-state index contributed by atoms with van der Waals surface area (Å²) in [5.74, 6) is 0. The van der Waals surface area contributed by atoms with E-state index in [2.05, 4.69) is 27.9 Å². The monoisotopic (exact) mass is 354 g/mol. The van der Waals surface area contributed by atoms with Gasteiger partial charge in [0.25, 0.3) is 0 Å². The first-order chi connectivity index (χ1) is 13.3. The minimum Gasteiger partial charge on any atom is -0.358 e. The van der Waals surface area contributed by atoms with Gasteiger partial charge in [0.1, 0.15) is 12.3 Å². The zero-order valence-corrected chi connectivity index (χ0v) is 14.8. The molecule has 0 spiro atoms. The van der Waals surface area contributed by atoms with Gasteiger partial charge in [-0.05, 0) is 49.6 Å². The van der Waals surface area contributed by atoms with Crippen molar-refractivity contribution in [2.24, 2.45) is 0 Å². The van der Waals surface area contributed by atoms with Gasteiger partial charge in [-0.2, -0.15) is 5.26 Å². The quantitative estimate of drug-likeness (QED) is 0.517. The standard InChI is InChI=1S/C22H18N4O/c23-13-15-5-3-6-16-17(14-26(22(15)16)21-8-1-2-12-27-21)18-9-10-19-20(25-18)7-4-11-24-19/h3-7,9-11,14,21H,1-2,8,12H2. The van der Waals surface area contributed by atoms with E-state index in [4.69, 9.17) is 9.72 Å². The third-order valence-electron chi connectivity index (χ3n) is 5.17. The van der Waals surface area contributed by atoms with Crippen LogP contribution in [-0.4, -0.2) is 21.1 Å². The van der Waals surface area contributed by atoms with Crippen LogP contribution in [0, 0.1) is 11.3 Å². The zero-order chi connectivity index (χ0) is 18.2. The van der Waals surface area contributed by atoms with E-state index in [1.54, 1.807) is 6.20 Å². The van der Waals surface area contributed by atoms with Crippen LogP contribution >= 0.6 is 0 Å². The molecule has 1 aromatic carbocycles. The van der Waals surface area contributed by atoms with E-state index in [1.165, 1.54) is 0 Å². The minimum absolute atomic E-state index is 0.0355. The molecule has 0 saturated carbocycles. The molecule has 5 heteroatoms. The van der Waals surface area contributed by atoms with Gasteiger partial charge in [0.05, 0.1) is 27.8 Å². The maximum atomic E-state index is 9.65. The number of hydrogen-bond donors (Lipinski definition) is 0. The molecule has 1 aliphatic heterocycles. The van der Waals surface area contributed by atoms with E-state index in [0.29, 0.717) is 5.56 Å². The van der Waals surface area contributed by atoms with Crippen LogP contribution in [0.2, 0.25) is 0 Å². The van der Waals surface area contributed by atoms with Crippen molar-refractivity contribution in [3.8, 4) is 17.3 Å². The van der Waals surface area contributed by atoms with Gasteiger partial charge in [0.15, 0.2) is 0 Å². The highest BCUT2D eigenvalue weighted by atomic mass is 16.5. The Hall–Kier alpha value is -3.23. The van der Waals surface area contributed by atoms with Crippen molar-refractivity contribution in [2.75, 3.05) is 6.61 Å². The third kappa shape index (κ3) is 2.66. The number of benzene rings is 1. The molecule has 5 nitrogen and oxygen atoms in total. The number of rotatable bonds is 2. The molecular weight excluding hydrogens is 336 g/mol. The summed E-state index contributed by atoms with van der Waals surface area (Å²) in [5.41, 5.74) is 5.22. The predicted molar refractivity (Wildman–Crippen MR) is 104 cm³/mol. The van der Waals surface area contributed by atoms with E-state index in [-0.39, 0.29) is 6.23 Å². The van der Waals surface area contributed by atoms with Crippen LogP contribution in [-0.2, 0) is 4.74 Å². The van der Waals surface area contributed by atoms with Gasteiger partial charge in [-0.25, -0.2) is 4.98 Å². The first-order valence-corrected chi connectivity index (χ1v) is 9.22. The summed E-state index contributed by atoms with van der Waals surface area (Å²) in [6.45, 7) is 0.758.